The number of hydrogen-bond donors (Lipinski definition) is 2. The van der Waals surface area contributed by atoms with Gasteiger partial charge in [-0.1, -0.05) is 12.8 Å². The number of nitrogens with zero attached hydrogens (tertiary/aromatic N) is 3. The standard InChI is InChI=1S/C13H19N5O/c14-15-12-6-5-10(16-17-12)13(19)18-8-7-9-3-1-2-4-11(9)18/h5-6,9,11H,1-4,7-8,14H2,(H,15,17). The fourth-order valence-corrected chi connectivity index (χ4v) is 3.33. The van der Waals surface area contributed by atoms with Gasteiger partial charge in [-0.2, -0.15) is 0 Å². The maximum atomic E-state index is 12.5. The molecule has 3 N–H and O–H groups in total. The van der Waals surface area contributed by atoms with Gasteiger partial charge in [0.1, 0.15) is 0 Å². The number of carbonyl (C=O) groups is 1. The van der Waals surface area contributed by atoms with E-state index in [1.54, 1.807) is 12.1 Å². The van der Waals surface area contributed by atoms with E-state index in [0.717, 1.165) is 19.4 Å². The van der Waals surface area contributed by atoms with Gasteiger partial charge in [-0.3, -0.25) is 4.79 Å². The molecular formula is C13H19N5O. The van der Waals surface area contributed by atoms with Crippen molar-refractivity contribution >= 4 is 11.7 Å². The zero-order chi connectivity index (χ0) is 13.2. The molecule has 102 valence electrons. The molecule has 1 aromatic heterocycles. The lowest BCUT2D eigenvalue weighted by Crippen LogP contribution is -2.39. The molecule has 0 spiro atoms. The molecule has 1 aromatic rings. The van der Waals surface area contributed by atoms with Crippen molar-refractivity contribution in [2.45, 2.75) is 38.1 Å². The van der Waals surface area contributed by atoms with Gasteiger partial charge in [0.05, 0.1) is 0 Å². The lowest BCUT2D eigenvalue weighted by molar-refractivity contribution is 0.0683. The highest BCUT2D eigenvalue weighted by Gasteiger charge is 2.38. The molecule has 2 atom stereocenters. The monoisotopic (exact) mass is 261 g/mol. The first-order chi connectivity index (χ1) is 9.29. The summed E-state index contributed by atoms with van der Waals surface area (Å²) in [6, 6.07) is 3.77. The molecular weight excluding hydrogens is 242 g/mol. The normalized spacial score (nSPS) is 26.1. The van der Waals surface area contributed by atoms with E-state index in [2.05, 4.69) is 15.6 Å². The summed E-state index contributed by atoms with van der Waals surface area (Å²) < 4.78 is 0. The summed E-state index contributed by atoms with van der Waals surface area (Å²) >= 11 is 0. The number of nitrogens with one attached hydrogen (secondary N) is 1. The van der Waals surface area contributed by atoms with E-state index >= 15 is 0 Å². The number of amides is 1. The molecule has 0 aromatic carbocycles. The summed E-state index contributed by atoms with van der Waals surface area (Å²) in [6.45, 7) is 0.854. The molecule has 2 fully saturated rings. The molecule has 3 rings (SSSR count). The highest BCUT2D eigenvalue weighted by molar-refractivity contribution is 5.92. The third kappa shape index (κ3) is 2.28. The van der Waals surface area contributed by atoms with E-state index in [-0.39, 0.29) is 5.91 Å². The van der Waals surface area contributed by atoms with Crippen LogP contribution in [0.4, 0.5) is 5.82 Å². The Morgan fingerprint density at radius 2 is 2.11 bits per heavy atom. The van der Waals surface area contributed by atoms with Crippen molar-refractivity contribution in [3.05, 3.63) is 17.8 Å². The molecule has 1 amide bonds. The summed E-state index contributed by atoms with van der Waals surface area (Å²) in [4.78, 5) is 14.5. The van der Waals surface area contributed by atoms with E-state index < -0.39 is 0 Å². The van der Waals surface area contributed by atoms with Crippen molar-refractivity contribution in [1.82, 2.24) is 15.1 Å². The van der Waals surface area contributed by atoms with Gasteiger partial charge >= 0.3 is 0 Å². The van der Waals surface area contributed by atoms with E-state index in [4.69, 9.17) is 5.84 Å². The third-order valence-corrected chi connectivity index (χ3v) is 4.30. The Morgan fingerprint density at radius 1 is 1.26 bits per heavy atom. The van der Waals surface area contributed by atoms with Gasteiger partial charge < -0.3 is 10.3 Å². The first-order valence-corrected chi connectivity index (χ1v) is 6.91. The Hall–Kier alpha value is -1.69. The number of anilines is 1. The van der Waals surface area contributed by atoms with Gasteiger partial charge in [-0.25, -0.2) is 5.84 Å². The lowest BCUT2D eigenvalue weighted by Gasteiger charge is -2.31. The Morgan fingerprint density at radius 3 is 2.84 bits per heavy atom. The number of hydrogen-bond acceptors (Lipinski definition) is 5. The van der Waals surface area contributed by atoms with Crippen molar-refractivity contribution in [1.29, 1.82) is 0 Å². The number of nitrogen functional groups attached to an aromatic ring is 1. The molecule has 6 heteroatoms. The smallest absolute Gasteiger partial charge is 0.274 e. The minimum Gasteiger partial charge on any atom is -0.334 e. The van der Waals surface area contributed by atoms with E-state index in [1.807, 2.05) is 4.90 Å². The molecule has 2 unspecified atom stereocenters. The average molecular weight is 261 g/mol. The average Bonchev–Trinajstić information content (AvgIpc) is 2.90. The second kappa shape index (κ2) is 5.13. The largest absolute Gasteiger partial charge is 0.334 e. The van der Waals surface area contributed by atoms with Gasteiger partial charge in [0.15, 0.2) is 11.5 Å². The number of carbonyl (C=O) groups excluding carboxylic acids is 1. The predicted molar refractivity (Wildman–Crippen MR) is 71.2 cm³/mol. The van der Waals surface area contributed by atoms with Crippen molar-refractivity contribution in [3.8, 4) is 0 Å². The Kier molecular flexibility index (Phi) is 3.33. The maximum Gasteiger partial charge on any atom is 0.274 e. The number of hydrazine groups is 1. The predicted octanol–water partition coefficient (Wildman–Crippen LogP) is 1.17. The Bertz CT molecular complexity index is 461. The number of likely N-dealkylation sites (tertiary alicyclic amines) is 1. The molecule has 19 heavy (non-hydrogen) atoms. The highest BCUT2D eigenvalue weighted by Crippen LogP contribution is 2.36. The third-order valence-electron chi connectivity index (χ3n) is 4.30. The van der Waals surface area contributed by atoms with Gasteiger partial charge in [0, 0.05) is 12.6 Å². The van der Waals surface area contributed by atoms with Crippen LogP contribution in [-0.2, 0) is 0 Å². The summed E-state index contributed by atoms with van der Waals surface area (Å²) in [5.74, 6) is 6.40. The molecule has 6 nitrogen and oxygen atoms in total. The topological polar surface area (TPSA) is 84.1 Å². The molecule has 1 saturated carbocycles. The van der Waals surface area contributed by atoms with Crippen LogP contribution in [0, 0.1) is 5.92 Å². The van der Waals surface area contributed by atoms with Gasteiger partial charge in [0.25, 0.3) is 5.91 Å². The van der Waals surface area contributed by atoms with Crippen LogP contribution >= 0.6 is 0 Å². The quantitative estimate of drug-likeness (QED) is 0.616. The number of aromatic nitrogens is 2. The number of fused-ring (bicyclic) bond motifs is 1. The van der Waals surface area contributed by atoms with Crippen LogP contribution in [0.3, 0.4) is 0 Å². The molecule has 0 bridgehead atoms. The van der Waals surface area contributed by atoms with E-state index in [0.29, 0.717) is 23.5 Å². The van der Waals surface area contributed by atoms with Gasteiger partial charge in [0.2, 0.25) is 0 Å². The Balaban J connectivity index is 1.75. The first kappa shape index (κ1) is 12.3. The minimum absolute atomic E-state index is 0.00507. The van der Waals surface area contributed by atoms with Crippen molar-refractivity contribution in [2.24, 2.45) is 11.8 Å². The van der Waals surface area contributed by atoms with Crippen LogP contribution in [0.25, 0.3) is 0 Å². The van der Waals surface area contributed by atoms with Crippen LogP contribution in [0.2, 0.25) is 0 Å². The van der Waals surface area contributed by atoms with Gasteiger partial charge in [-0.05, 0) is 37.3 Å². The fraction of sp³-hybridized carbons (Fsp3) is 0.615. The second-order valence-corrected chi connectivity index (χ2v) is 5.35. The van der Waals surface area contributed by atoms with Crippen molar-refractivity contribution in [2.75, 3.05) is 12.0 Å². The number of nitrogens with two attached hydrogens (primary N) is 1. The zero-order valence-corrected chi connectivity index (χ0v) is 10.9. The number of rotatable bonds is 2. The van der Waals surface area contributed by atoms with Crippen molar-refractivity contribution < 1.29 is 4.79 Å². The van der Waals surface area contributed by atoms with Crippen molar-refractivity contribution in [3.63, 3.8) is 0 Å². The van der Waals surface area contributed by atoms with Gasteiger partial charge in [-0.15, -0.1) is 10.2 Å². The minimum atomic E-state index is 0.00507. The lowest BCUT2D eigenvalue weighted by atomic mass is 9.85. The molecule has 1 saturated heterocycles. The molecule has 1 aliphatic heterocycles. The second-order valence-electron chi connectivity index (χ2n) is 5.35. The summed E-state index contributed by atoms with van der Waals surface area (Å²) in [6.07, 6.45) is 6.06. The van der Waals surface area contributed by atoms with E-state index in [1.165, 1.54) is 19.3 Å². The van der Waals surface area contributed by atoms with Crippen LogP contribution < -0.4 is 11.3 Å². The Labute approximate surface area is 112 Å². The van der Waals surface area contributed by atoms with E-state index in [9.17, 15) is 4.79 Å². The van der Waals surface area contributed by atoms with Crippen LogP contribution in [-0.4, -0.2) is 33.6 Å². The highest BCUT2D eigenvalue weighted by atomic mass is 16.2. The SMILES string of the molecule is NNc1ccc(C(=O)N2CCC3CCCCC32)nn1. The van der Waals surface area contributed by atoms with Crippen LogP contribution in [0.15, 0.2) is 12.1 Å². The van der Waals surface area contributed by atoms with Crippen LogP contribution in [0.1, 0.15) is 42.6 Å². The summed E-state index contributed by atoms with van der Waals surface area (Å²) in [5, 5.41) is 7.81. The molecule has 2 heterocycles. The maximum absolute atomic E-state index is 12.5. The fourth-order valence-electron chi connectivity index (χ4n) is 3.33. The summed E-state index contributed by atoms with van der Waals surface area (Å²) in [5.41, 5.74) is 2.82. The van der Waals surface area contributed by atoms with Crippen LogP contribution in [0.5, 0.6) is 0 Å². The molecule has 0 radical (unpaired) electrons. The zero-order valence-electron chi connectivity index (χ0n) is 10.9. The molecule has 1 aliphatic carbocycles. The first-order valence-electron chi connectivity index (χ1n) is 6.91. The summed E-state index contributed by atoms with van der Waals surface area (Å²) in [7, 11) is 0. The molecule has 2 aliphatic rings.